The molecule has 0 atom stereocenters. The number of para-hydroxylation sites is 1. The van der Waals surface area contributed by atoms with Gasteiger partial charge in [0, 0.05) is 30.6 Å². The highest BCUT2D eigenvalue weighted by Crippen LogP contribution is 2.20. The first-order valence-corrected chi connectivity index (χ1v) is 6.93. The summed E-state index contributed by atoms with van der Waals surface area (Å²) in [6.45, 7) is -0.508. The van der Waals surface area contributed by atoms with Gasteiger partial charge in [-0.25, -0.2) is 4.79 Å². The Hall–Kier alpha value is -3.42. The fraction of sp³-hybridized carbons (Fsp3) is 0.125. The van der Waals surface area contributed by atoms with Gasteiger partial charge >= 0.3 is 5.97 Å². The van der Waals surface area contributed by atoms with Gasteiger partial charge < -0.3 is 15.4 Å². The first-order chi connectivity index (χ1) is 11.4. The van der Waals surface area contributed by atoms with E-state index < -0.39 is 23.4 Å². The van der Waals surface area contributed by atoms with Crippen molar-refractivity contribution in [3.63, 3.8) is 0 Å². The van der Waals surface area contributed by atoms with Crippen molar-refractivity contribution in [2.45, 2.75) is 0 Å². The lowest BCUT2D eigenvalue weighted by Crippen LogP contribution is -2.31. The van der Waals surface area contributed by atoms with E-state index in [0.29, 0.717) is 5.69 Å². The maximum Gasteiger partial charge on any atom is 0.341 e. The number of amides is 1. The normalized spacial score (nSPS) is 10.0. The molecule has 0 radical (unpaired) electrons. The van der Waals surface area contributed by atoms with Gasteiger partial charge in [0.25, 0.3) is 11.6 Å². The second-order valence-electron chi connectivity index (χ2n) is 4.89. The molecule has 0 aliphatic heterocycles. The number of benzene rings is 2. The van der Waals surface area contributed by atoms with Crippen LogP contribution in [-0.2, 0) is 9.53 Å². The summed E-state index contributed by atoms with van der Waals surface area (Å²) in [5, 5.41) is 10.8. The average Bonchev–Trinajstić information content (AvgIpc) is 2.59. The number of nitrogens with zero attached hydrogens (tertiary/aromatic N) is 2. The second-order valence-corrected chi connectivity index (χ2v) is 4.89. The van der Waals surface area contributed by atoms with Gasteiger partial charge in [0.1, 0.15) is 0 Å². The fourth-order valence-electron chi connectivity index (χ4n) is 1.93. The topological polar surface area (TPSA) is 116 Å². The average molecular weight is 329 g/mol. The van der Waals surface area contributed by atoms with Crippen molar-refractivity contribution in [2.75, 3.05) is 24.3 Å². The summed E-state index contributed by atoms with van der Waals surface area (Å²) in [7, 11) is 1.55. The van der Waals surface area contributed by atoms with Crippen molar-refractivity contribution < 1.29 is 19.2 Å². The summed E-state index contributed by atoms with van der Waals surface area (Å²) in [5.41, 5.74) is 5.87. The quantitative estimate of drug-likeness (QED) is 0.388. The van der Waals surface area contributed by atoms with E-state index in [1.54, 1.807) is 31.3 Å². The van der Waals surface area contributed by atoms with Gasteiger partial charge in [-0.2, -0.15) is 0 Å². The molecule has 0 saturated carbocycles. The number of rotatable bonds is 5. The monoisotopic (exact) mass is 329 g/mol. The molecule has 2 N–H and O–H groups in total. The molecule has 0 bridgehead atoms. The minimum absolute atomic E-state index is 0.0365. The maximum atomic E-state index is 12.0. The van der Waals surface area contributed by atoms with Gasteiger partial charge in [-0.05, 0) is 18.2 Å². The number of ether oxygens (including phenoxy) is 1. The Morgan fingerprint density at radius 3 is 2.50 bits per heavy atom. The molecular formula is C16H15N3O5. The Kier molecular flexibility index (Phi) is 5.10. The lowest BCUT2D eigenvalue weighted by Gasteiger charge is -2.17. The van der Waals surface area contributed by atoms with Crippen LogP contribution in [0.3, 0.4) is 0 Å². The van der Waals surface area contributed by atoms with Crippen LogP contribution < -0.4 is 10.6 Å². The van der Waals surface area contributed by atoms with Crippen LogP contribution in [0.15, 0.2) is 48.5 Å². The second kappa shape index (κ2) is 7.23. The molecule has 8 nitrogen and oxygen atoms in total. The molecule has 0 heterocycles. The van der Waals surface area contributed by atoms with Gasteiger partial charge in [-0.15, -0.1) is 0 Å². The molecule has 0 aromatic heterocycles. The molecule has 0 aliphatic rings. The maximum absolute atomic E-state index is 12.0. The van der Waals surface area contributed by atoms with Crippen molar-refractivity contribution in [1.29, 1.82) is 0 Å². The lowest BCUT2D eigenvalue weighted by atomic mass is 10.1. The standard InChI is InChI=1S/C16H15N3O5/c1-18(11-5-3-2-4-6-11)15(20)10-24-16(21)13-9-12(19(22)23)7-8-14(13)17/h2-9H,10,17H2,1H3. The van der Waals surface area contributed by atoms with E-state index in [4.69, 9.17) is 10.5 Å². The number of likely N-dealkylation sites (N-methyl/N-ethyl adjacent to an activating group) is 1. The molecule has 8 heteroatoms. The van der Waals surface area contributed by atoms with E-state index >= 15 is 0 Å². The predicted octanol–water partition coefficient (Wildman–Crippen LogP) is 2.00. The number of anilines is 2. The van der Waals surface area contributed by atoms with Crippen LogP contribution in [0.2, 0.25) is 0 Å². The number of hydrogen-bond donors (Lipinski definition) is 1. The van der Waals surface area contributed by atoms with Gasteiger partial charge in [0.15, 0.2) is 6.61 Å². The predicted molar refractivity (Wildman–Crippen MR) is 87.6 cm³/mol. The smallest absolute Gasteiger partial charge is 0.341 e. The molecule has 124 valence electrons. The molecular weight excluding hydrogens is 314 g/mol. The summed E-state index contributed by atoms with van der Waals surface area (Å²) in [6, 6.07) is 12.3. The first-order valence-electron chi connectivity index (χ1n) is 6.93. The fourth-order valence-corrected chi connectivity index (χ4v) is 1.93. The summed E-state index contributed by atoms with van der Waals surface area (Å²) in [6.07, 6.45) is 0. The van der Waals surface area contributed by atoms with Crippen LogP contribution in [0, 0.1) is 10.1 Å². The summed E-state index contributed by atoms with van der Waals surface area (Å²) >= 11 is 0. The van der Waals surface area contributed by atoms with Crippen molar-refractivity contribution >= 4 is 28.9 Å². The number of carbonyl (C=O) groups is 2. The Labute approximate surface area is 137 Å². The number of carbonyl (C=O) groups excluding carboxylic acids is 2. The zero-order valence-corrected chi connectivity index (χ0v) is 12.8. The van der Waals surface area contributed by atoms with Gasteiger partial charge in [-0.3, -0.25) is 14.9 Å². The summed E-state index contributed by atoms with van der Waals surface area (Å²) < 4.78 is 4.92. The van der Waals surface area contributed by atoms with Crippen LogP contribution in [0.1, 0.15) is 10.4 Å². The van der Waals surface area contributed by atoms with Crippen molar-refractivity contribution in [3.05, 3.63) is 64.2 Å². The van der Waals surface area contributed by atoms with Crippen LogP contribution in [0.5, 0.6) is 0 Å². The highest BCUT2D eigenvalue weighted by atomic mass is 16.6. The number of nitrogen functional groups attached to an aromatic ring is 1. The SMILES string of the molecule is CN(C(=O)COC(=O)c1cc([N+](=O)[O-])ccc1N)c1ccccc1. The van der Waals surface area contributed by atoms with Crippen LogP contribution in [-0.4, -0.2) is 30.5 Å². The van der Waals surface area contributed by atoms with E-state index in [9.17, 15) is 19.7 Å². The largest absolute Gasteiger partial charge is 0.452 e. The van der Waals surface area contributed by atoms with E-state index in [1.165, 1.54) is 17.0 Å². The van der Waals surface area contributed by atoms with E-state index in [2.05, 4.69) is 0 Å². The molecule has 0 aliphatic carbocycles. The summed E-state index contributed by atoms with van der Waals surface area (Å²) in [4.78, 5) is 35.5. The molecule has 0 fully saturated rings. The minimum Gasteiger partial charge on any atom is -0.452 e. The highest BCUT2D eigenvalue weighted by molar-refractivity contribution is 5.99. The Balaban J connectivity index is 2.04. The summed E-state index contributed by atoms with van der Waals surface area (Å²) in [5.74, 6) is -1.34. The molecule has 2 aromatic rings. The molecule has 1 amide bonds. The third kappa shape index (κ3) is 3.86. The Bertz CT molecular complexity index is 777. The minimum atomic E-state index is -0.897. The number of nitro benzene ring substituents is 1. The molecule has 24 heavy (non-hydrogen) atoms. The van der Waals surface area contributed by atoms with Crippen LogP contribution in [0.4, 0.5) is 17.1 Å². The number of esters is 1. The Morgan fingerprint density at radius 1 is 1.21 bits per heavy atom. The zero-order chi connectivity index (χ0) is 17.7. The first kappa shape index (κ1) is 16.9. The van der Waals surface area contributed by atoms with E-state index in [0.717, 1.165) is 6.07 Å². The Morgan fingerprint density at radius 2 is 1.88 bits per heavy atom. The number of hydrogen-bond acceptors (Lipinski definition) is 6. The number of nitrogens with two attached hydrogens (primary N) is 1. The van der Waals surface area contributed by atoms with Gasteiger partial charge in [0.05, 0.1) is 10.5 Å². The lowest BCUT2D eigenvalue weighted by molar-refractivity contribution is -0.384. The van der Waals surface area contributed by atoms with Gasteiger partial charge in [0.2, 0.25) is 0 Å². The number of non-ortho nitro benzene ring substituents is 1. The van der Waals surface area contributed by atoms with Crippen LogP contribution >= 0.6 is 0 Å². The van der Waals surface area contributed by atoms with E-state index in [1.807, 2.05) is 6.07 Å². The van der Waals surface area contributed by atoms with Crippen LogP contribution in [0.25, 0.3) is 0 Å². The van der Waals surface area contributed by atoms with Crippen molar-refractivity contribution in [3.8, 4) is 0 Å². The highest BCUT2D eigenvalue weighted by Gasteiger charge is 2.19. The molecule has 2 rings (SSSR count). The zero-order valence-electron chi connectivity index (χ0n) is 12.8. The van der Waals surface area contributed by atoms with Crippen molar-refractivity contribution in [2.24, 2.45) is 0 Å². The molecule has 2 aromatic carbocycles. The number of nitro groups is 1. The molecule has 0 saturated heterocycles. The third-order valence-electron chi connectivity index (χ3n) is 3.31. The van der Waals surface area contributed by atoms with E-state index in [-0.39, 0.29) is 16.9 Å². The molecule has 0 unspecified atom stereocenters. The third-order valence-corrected chi connectivity index (χ3v) is 3.31. The van der Waals surface area contributed by atoms with Crippen molar-refractivity contribution in [1.82, 2.24) is 0 Å². The van der Waals surface area contributed by atoms with Gasteiger partial charge in [-0.1, -0.05) is 18.2 Å². The molecule has 0 spiro atoms.